The normalized spacial score (nSPS) is 29.0. The van der Waals surface area contributed by atoms with Crippen LogP contribution in [0.5, 0.6) is 0 Å². The molecular formula is C9H12ClNOS. The number of hydrogen-bond donors (Lipinski definition) is 0. The third-order valence-corrected chi connectivity index (χ3v) is 3.68. The molecule has 0 radical (unpaired) electrons. The Hall–Kier alpha value is -0.120. The van der Waals surface area contributed by atoms with Gasteiger partial charge in [-0.25, -0.2) is 4.98 Å². The van der Waals surface area contributed by atoms with Gasteiger partial charge in [0, 0.05) is 35.9 Å². The zero-order chi connectivity index (χ0) is 9.10. The monoisotopic (exact) mass is 217 g/mol. The lowest BCUT2D eigenvalue weighted by Gasteiger charge is -2.26. The maximum Gasteiger partial charge on any atom is 0.0928 e. The molecule has 13 heavy (non-hydrogen) atoms. The van der Waals surface area contributed by atoms with Gasteiger partial charge < -0.3 is 4.74 Å². The molecule has 4 heteroatoms. The average molecular weight is 218 g/mol. The molecular weight excluding hydrogens is 206 g/mol. The largest absolute Gasteiger partial charge is 0.381 e. The molecule has 2 atom stereocenters. The summed E-state index contributed by atoms with van der Waals surface area (Å²) in [5.41, 5.74) is 0. The molecule has 1 aromatic rings. The van der Waals surface area contributed by atoms with Gasteiger partial charge in [0.25, 0.3) is 0 Å². The highest BCUT2D eigenvalue weighted by Gasteiger charge is 2.24. The number of nitrogens with zero attached hydrogens (tertiary/aromatic N) is 1. The smallest absolute Gasteiger partial charge is 0.0928 e. The Balaban J connectivity index is 1.93. The second-order valence-electron chi connectivity index (χ2n) is 3.27. The minimum atomic E-state index is 0.262. The van der Waals surface area contributed by atoms with E-state index in [4.69, 9.17) is 16.3 Å². The number of thiazole rings is 1. The van der Waals surface area contributed by atoms with Gasteiger partial charge in [-0.2, -0.15) is 0 Å². The van der Waals surface area contributed by atoms with E-state index in [0.29, 0.717) is 5.92 Å². The molecule has 0 saturated carbocycles. The summed E-state index contributed by atoms with van der Waals surface area (Å²) in [5.74, 6) is 0.446. The fourth-order valence-corrected chi connectivity index (χ4v) is 2.50. The highest BCUT2D eigenvalue weighted by molar-refractivity contribution is 7.09. The second kappa shape index (κ2) is 4.40. The molecule has 2 unspecified atom stereocenters. The molecule has 2 rings (SSSR count). The van der Waals surface area contributed by atoms with Gasteiger partial charge in [-0.05, 0) is 6.42 Å². The van der Waals surface area contributed by atoms with Gasteiger partial charge in [0.2, 0.25) is 0 Å². The van der Waals surface area contributed by atoms with Crippen LogP contribution in [0.25, 0.3) is 0 Å². The Morgan fingerprint density at radius 2 is 2.62 bits per heavy atom. The van der Waals surface area contributed by atoms with Gasteiger partial charge >= 0.3 is 0 Å². The highest BCUT2D eigenvalue weighted by atomic mass is 35.5. The highest BCUT2D eigenvalue weighted by Crippen LogP contribution is 2.24. The number of alkyl halides is 1. The lowest BCUT2D eigenvalue weighted by atomic mass is 9.98. The Morgan fingerprint density at radius 1 is 1.69 bits per heavy atom. The molecule has 0 spiro atoms. The van der Waals surface area contributed by atoms with E-state index in [2.05, 4.69) is 4.98 Å². The maximum absolute atomic E-state index is 6.20. The zero-order valence-electron chi connectivity index (χ0n) is 7.28. The topological polar surface area (TPSA) is 22.1 Å². The van der Waals surface area contributed by atoms with Crippen molar-refractivity contribution in [1.82, 2.24) is 4.98 Å². The van der Waals surface area contributed by atoms with Crippen molar-refractivity contribution in [3.63, 3.8) is 0 Å². The molecule has 1 aliphatic rings. The minimum absolute atomic E-state index is 0.262. The molecule has 1 saturated heterocycles. The molecule has 1 fully saturated rings. The summed E-state index contributed by atoms with van der Waals surface area (Å²) in [6.07, 6.45) is 3.77. The summed E-state index contributed by atoms with van der Waals surface area (Å²) >= 11 is 7.89. The van der Waals surface area contributed by atoms with Crippen LogP contribution in [0, 0.1) is 5.92 Å². The third-order valence-electron chi connectivity index (χ3n) is 2.30. The molecule has 2 heterocycles. The van der Waals surface area contributed by atoms with Crippen LogP contribution >= 0.6 is 22.9 Å². The van der Waals surface area contributed by atoms with E-state index in [1.165, 1.54) is 5.01 Å². The predicted molar refractivity (Wildman–Crippen MR) is 54.4 cm³/mol. The SMILES string of the molecule is ClC1CCOCC1Cc1nccs1. The standard InChI is InChI=1S/C9H12ClNOS/c10-8-1-3-12-6-7(8)5-9-11-2-4-13-9/h2,4,7-8H,1,3,5-6H2. The van der Waals surface area contributed by atoms with Crippen LogP contribution in [0.3, 0.4) is 0 Å². The van der Waals surface area contributed by atoms with Gasteiger partial charge in [-0.15, -0.1) is 22.9 Å². The van der Waals surface area contributed by atoms with Crippen molar-refractivity contribution in [3.8, 4) is 0 Å². The van der Waals surface area contributed by atoms with Crippen LogP contribution in [0.4, 0.5) is 0 Å². The fourth-order valence-electron chi connectivity index (χ4n) is 1.54. The minimum Gasteiger partial charge on any atom is -0.381 e. The van der Waals surface area contributed by atoms with Gasteiger partial charge in [-0.3, -0.25) is 0 Å². The Labute approximate surface area is 86.9 Å². The molecule has 0 aromatic carbocycles. The zero-order valence-corrected chi connectivity index (χ0v) is 8.85. The van der Waals surface area contributed by atoms with Gasteiger partial charge in [0.05, 0.1) is 11.6 Å². The number of aromatic nitrogens is 1. The van der Waals surface area contributed by atoms with E-state index in [0.717, 1.165) is 26.1 Å². The van der Waals surface area contributed by atoms with Gasteiger partial charge in [0.15, 0.2) is 0 Å². The predicted octanol–water partition coefficient (Wildman–Crippen LogP) is 2.33. The summed E-state index contributed by atoms with van der Waals surface area (Å²) in [6, 6.07) is 0. The van der Waals surface area contributed by atoms with E-state index < -0.39 is 0 Å². The van der Waals surface area contributed by atoms with Crippen molar-refractivity contribution in [2.24, 2.45) is 5.92 Å². The molecule has 1 aromatic heterocycles. The average Bonchev–Trinajstić information content (AvgIpc) is 2.61. The molecule has 72 valence electrons. The van der Waals surface area contributed by atoms with E-state index in [1.807, 2.05) is 11.6 Å². The number of rotatable bonds is 2. The summed E-state index contributed by atoms with van der Waals surface area (Å²) < 4.78 is 5.39. The lowest BCUT2D eigenvalue weighted by molar-refractivity contribution is 0.0578. The van der Waals surface area contributed by atoms with Crippen molar-refractivity contribution in [2.45, 2.75) is 18.2 Å². The van der Waals surface area contributed by atoms with Crippen molar-refractivity contribution in [2.75, 3.05) is 13.2 Å². The molecule has 0 amide bonds. The van der Waals surface area contributed by atoms with Crippen LogP contribution in [-0.4, -0.2) is 23.6 Å². The van der Waals surface area contributed by atoms with Gasteiger partial charge in [0.1, 0.15) is 0 Å². The number of halogens is 1. The lowest BCUT2D eigenvalue weighted by Crippen LogP contribution is -2.29. The molecule has 1 aliphatic heterocycles. The second-order valence-corrected chi connectivity index (χ2v) is 4.81. The first kappa shape index (κ1) is 9.44. The first-order valence-electron chi connectivity index (χ1n) is 4.46. The quantitative estimate of drug-likeness (QED) is 0.710. The first-order valence-corrected chi connectivity index (χ1v) is 5.78. The maximum atomic E-state index is 6.20. The molecule has 0 aliphatic carbocycles. The van der Waals surface area contributed by atoms with Crippen LogP contribution < -0.4 is 0 Å². The van der Waals surface area contributed by atoms with Crippen LogP contribution in [0.15, 0.2) is 11.6 Å². The van der Waals surface area contributed by atoms with Crippen LogP contribution in [0.2, 0.25) is 0 Å². The van der Waals surface area contributed by atoms with E-state index in [9.17, 15) is 0 Å². The third kappa shape index (κ3) is 2.42. The van der Waals surface area contributed by atoms with Crippen molar-refractivity contribution in [1.29, 1.82) is 0 Å². The van der Waals surface area contributed by atoms with Gasteiger partial charge in [-0.1, -0.05) is 0 Å². The summed E-state index contributed by atoms with van der Waals surface area (Å²) in [4.78, 5) is 4.25. The molecule has 0 N–H and O–H groups in total. The summed E-state index contributed by atoms with van der Waals surface area (Å²) in [5, 5.41) is 3.43. The Kier molecular flexibility index (Phi) is 3.19. The van der Waals surface area contributed by atoms with Crippen LogP contribution in [-0.2, 0) is 11.2 Å². The van der Waals surface area contributed by atoms with Crippen molar-refractivity contribution >= 4 is 22.9 Å². The summed E-state index contributed by atoms with van der Waals surface area (Å²) in [7, 11) is 0. The molecule has 0 bridgehead atoms. The fraction of sp³-hybridized carbons (Fsp3) is 0.667. The van der Waals surface area contributed by atoms with Crippen LogP contribution in [0.1, 0.15) is 11.4 Å². The number of ether oxygens (including phenoxy) is 1. The Morgan fingerprint density at radius 3 is 3.31 bits per heavy atom. The van der Waals surface area contributed by atoms with E-state index in [-0.39, 0.29) is 5.38 Å². The Bertz CT molecular complexity index is 252. The summed E-state index contributed by atoms with van der Waals surface area (Å²) in [6.45, 7) is 1.59. The number of hydrogen-bond acceptors (Lipinski definition) is 3. The molecule has 2 nitrogen and oxygen atoms in total. The van der Waals surface area contributed by atoms with E-state index >= 15 is 0 Å². The van der Waals surface area contributed by atoms with Crippen molar-refractivity contribution in [3.05, 3.63) is 16.6 Å². The van der Waals surface area contributed by atoms with Crippen molar-refractivity contribution < 1.29 is 4.74 Å². The first-order chi connectivity index (χ1) is 6.36. The van der Waals surface area contributed by atoms with E-state index in [1.54, 1.807) is 11.3 Å².